The first-order chi connectivity index (χ1) is 10.6. The fraction of sp³-hybridized carbons (Fsp3) is 0.357. The van der Waals surface area contributed by atoms with E-state index < -0.39 is 33.0 Å². The van der Waals surface area contributed by atoms with Crippen LogP contribution < -0.4 is 0 Å². The van der Waals surface area contributed by atoms with Crippen molar-refractivity contribution in [3.8, 4) is 0 Å². The summed E-state index contributed by atoms with van der Waals surface area (Å²) in [5.41, 5.74) is -0.558. The Kier molecular flexibility index (Phi) is 4.42. The van der Waals surface area contributed by atoms with Gasteiger partial charge in [-0.2, -0.15) is 4.90 Å². The van der Waals surface area contributed by atoms with Gasteiger partial charge in [-0.25, -0.2) is 4.79 Å². The molecule has 1 aromatic carbocycles. The zero-order chi connectivity index (χ0) is 17.4. The third-order valence-electron chi connectivity index (χ3n) is 2.83. The summed E-state index contributed by atoms with van der Waals surface area (Å²) in [4.78, 5) is 46.7. The highest BCUT2D eigenvalue weighted by Crippen LogP contribution is 2.40. The van der Waals surface area contributed by atoms with Crippen molar-refractivity contribution in [3.63, 3.8) is 0 Å². The molecule has 0 saturated carbocycles. The standard InChI is InChI=1S/C14H14N2O6S/c1-14(2,3)22-12(18)15-11(17)10(23-13(15)19)8-4-6-9(7-5-8)16(20)21/h4-7,10H,1-3H3. The van der Waals surface area contributed by atoms with Gasteiger partial charge < -0.3 is 4.74 Å². The number of nitro groups is 1. The Labute approximate surface area is 135 Å². The number of ether oxygens (including phenoxy) is 1. The van der Waals surface area contributed by atoms with Gasteiger partial charge in [0.15, 0.2) is 0 Å². The Hall–Kier alpha value is -2.42. The van der Waals surface area contributed by atoms with E-state index in [9.17, 15) is 24.5 Å². The van der Waals surface area contributed by atoms with Crippen LogP contribution in [0.3, 0.4) is 0 Å². The maximum Gasteiger partial charge on any atom is 0.424 e. The van der Waals surface area contributed by atoms with Crippen LogP contribution >= 0.6 is 11.8 Å². The summed E-state index contributed by atoms with van der Waals surface area (Å²) in [7, 11) is 0. The summed E-state index contributed by atoms with van der Waals surface area (Å²) >= 11 is 0.670. The van der Waals surface area contributed by atoms with Crippen molar-refractivity contribution in [3.05, 3.63) is 39.9 Å². The summed E-state index contributed by atoms with van der Waals surface area (Å²) in [6.07, 6.45) is -1.02. The summed E-state index contributed by atoms with van der Waals surface area (Å²) in [5, 5.41) is 8.98. The lowest BCUT2D eigenvalue weighted by Crippen LogP contribution is -2.40. The molecule has 1 aliphatic heterocycles. The molecule has 1 heterocycles. The first-order valence-electron chi connectivity index (χ1n) is 6.62. The number of hydrogen-bond acceptors (Lipinski definition) is 7. The smallest absolute Gasteiger partial charge is 0.424 e. The van der Waals surface area contributed by atoms with E-state index >= 15 is 0 Å². The minimum Gasteiger partial charge on any atom is -0.443 e. The Bertz CT molecular complexity index is 680. The maximum atomic E-state index is 12.3. The molecule has 9 heteroatoms. The van der Waals surface area contributed by atoms with Crippen LogP contribution in [0.25, 0.3) is 0 Å². The fourth-order valence-electron chi connectivity index (χ4n) is 1.86. The highest BCUT2D eigenvalue weighted by Gasteiger charge is 2.46. The van der Waals surface area contributed by atoms with Gasteiger partial charge in [-0.15, -0.1) is 0 Å². The predicted octanol–water partition coefficient (Wildman–Crippen LogP) is 3.27. The van der Waals surface area contributed by atoms with Crippen molar-refractivity contribution in [2.45, 2.75) is 31.6 Å². The molecule has 1 atom stereocenters. The molecule has 8 nitrogen and oxygen atoms in total. The van der Waals surface area contributed by atoms with E-state index in [2.05, 4.69) is 0 Å². The van der Waals surface area contributed by atoms with Crippen molar-refractivity contribution in [2.24, 2.45) is 0 Å². The Balaban J connectivity index is 2.21. The number of thioether (sulfide) groups is 1. The molecule has 1 fully saturated rings. The van der Waals surface area contributed by atoms with Crippen LogP contribution in [0.15, 0.2) is 24.3 Å². The van der Waals surface area contributed by atoms with Gasteiger partial charge in [0.1, 0.15) is 10.9 Å². The fourth-order valence-corrected chi connectivity index (χ4v) is 2.84. The van der Waals surface area contributed by atoms with E-state index in [0.29, 0.717) is 22.2 Å². The minimum absolute atomic E-state index is 0.125. The molecule has 1 unspecified atom stereocenters. The average Bonchev–Trinajstić information content (AvgIpc) is 2.72. The molecule has 0 bridgehead atoms. The van der Waals surface area contributed by atoms with Crippen LogP contribution in [0, 0.1) is 10.1 Å². The molecule has 0 aliphatic carbocycles. The number of nitro benzene ring substituents is 1. The van der Waals surface area contributed by atoms with Crippen molar-refractivity contribution < 1.29 is 24.0 Å². The van der Waals surface area contributed by atoms with E-state index in [1.54, 1.807) is 20.8 Å². The van der Waals surface area contributed by atoms with Gasteiger partial charge in [0.2, 0.25) is 0 Å². The molecule has 0 N–H and O–H groups in total. The van der Waals surface area contributed by atoms with Crippen molar-refractivity contribution >= 4 is 34.7 Å². The van der Waals surface area contributed by atoms with Gasteiger partial charge in [-0.1, -0.05) is 12.1 Å². The number of non-ortho nitro benzene ring substituents is 1. The van der Waals surface area contributed by atoms with Gasteiger partial charge in [0, 0.05) is 12.1 Å². The molecule has 3 amide bonds. The van der Waals surface area contributed by atoms with Crippen molar-refractivity contribution in [1.82, 2.24) is 4.90 Å². The van der Waals surface area contributed by atoms with Gasteiger partial charge in [-0.3, -0.25) is 19.7 Å². The third kappa shape index (κ3) is 3.67. The SMILES string of the molecule is CC(C)(C)OC(=O)N1C(=O)SC(c2ccc([N+](=O)[O-])cc2)C1=O. The summed E-state index contributed by atoms with van der Waals surface area (Å²) in [5.74, 6) is -0.719. The molecule has 0 aromatic heterocycles. The molecule has 0 spiro atoms. The molecule has 0 radical (unpaired) electrons. The summed E-state index contributed by atoms with van der Waals surface area (Å²) in [6, 6.07) is 5.26. The number of rotatable bonds is 2. The number of benzene rings is 1. The van der Waals surface area contributed by atoms with E-state index in [0.717, 1.165) is 0 Å². The normalized spacial score (nSPS) is 18.2. The van der Waals surface area contributed by atoms with Crippen LogP contribution in [0.2, 0.25) is 0 Å². The molecular formula is C14H14N2O6S. The number of carbonyl (C=O) groups excluding carboxylic acids is 3. The Morgan fingerprint density at radius 1 is 1.26 bits per heavy atom. The topological polar surface area (TPSA) is 107 Å². The quantitative estimate of drug-likeness (QED) is 0.601. The Morgan fingerprint density at radius 2 is 1.83 bits per heavy atom. The summed E-state index contributed by atoms with van der Waals surface area (Å²) in [6.45, 7) is 4.87. The van der Waals surface area contributed by atoms with Crippen molar-refractivity contribution in [2.75, 3.05) is 0 Å². The van der Waals surface area contributed by atoms with Gasteiger partial charge >= 0.3 is 6.09 Å². The molecule has 1 saturated heterocycles. The Morgan fingerprint density at radius 3 is 2.30 bits per heavy atom. The largest absolute Gasteiger partial charge is 0.443 e. The van der Waals surface area contributed by atoms with Gasteiger partial charge in [-0.05, 0) is 38.1 Å². The van der Waals surface area contributed by atoms with E-state index in [1.165, 1.54) is 24.3 Å². The minimum atomic E-state index is -1.02. The van der Waals surface area contributed by atoms with Crippen LogP contribution in [0.5, 0.6) is 0 Å². The number of amides is 3. The highest BCUT2D eigenvalue weighted by molar-refractivity contribution is 8.15. The van der Waals surface area contributed by atoms with Crippen LogP contribution in [0.4, 0.5) is 15.3 Å². The second-order valence-corrected chi connectivity index (χ2v) is 6.82. The first-order valence-corrected chi connectivity index (χ1v) is 7.50. The average molecular weight is 338 g/mol. The third-order valence-corrected chi connectivity index (χ3v) is 3.92. The molecule has 1 aromatic rings. The number of nitrogens with zero attached hydrogens (tertiary/aromatic N) is 2. The molecule has 122 valence electrons. The van der Waals surface area contributed by atoms with Crippen LogP contribution in [-0.2, 0) is 9.53 Å². The monoisotopic (exact) mass is 338 g/mol. The maximum absolute atomic E-state index is 12.3. The first kappa shape index (κ1) is 16.9. The number of carbonyl (C=O) groups is 3. The van der Waals surface area contributed by atoms with Crippen LogP contribution in [-0.4, -0.2) is 32.7 Å². The lowest BCUT2D eigenvalue weighted by molar-refractivity contribution is -0.384. The summed E-state index contributed by atoms with van der Waals surface area (Å²) < 4.78 is 5.04. The lowest BCUT2D eigenvalue weighted by Gasteiger charge is -2.22. The highest BCUT2D eigenvalue weighted by atomic mass is 32.2. The molecule has 1 aliphatic rings. The van der Waals surface area contributed by atoms with Gasteiger partial charge in [0.05, 0.1) is 4.92 Å². The zero-order valence-corrected chi connectivity index (χ0v) is 13.5. The second kappa shape index (κ2) is 5.99. The zero-order valence-electron chi connectivity index (χ0n) is 12.6. The van der Waals surface area contributed by atoms with Crippen molar-refractivity contribution in [1.29, 1.82) is 0 Å². The van der Waals surface area contributed by atoms with E-state index in [-0.39, 0.29) is 5.69 Å². The van der Waals surface area contributed by atoms with E-state index in [1.807, 2.05) is 0 Å². The predicted molar refractivity (Wildman–Crippen MR) is 81.9 cm³/mol. The second-order valence-electron chi connectivity index (χ2n) is 5.77. The molecule has 23 heavy (non-hydrogen) atoms. The van der Waals surface area contributed by atoms with Crippen LogP contribution in [0.1, 0.15) is 31.6 Å². The number of hydrogen-bond donors (Lipinski definition) is 0. The number of imide groups is 3. The van der Waals surface area contributed by atoms with E-state index in [4.69, 9.17) is 4.74 Å². The molecular weight excluding hydrogens is 324 g/mol. The van der Waals surface area contributed by atoms with Gasteiger partial charge in [0.25, 0.3) is 16.8 Å². The lowest BCUT2D eigenvalue weighted by atomic mass is 10.1. The molecule has 2 rings (SSSR count).